The smallest absolute Gasteiger partial charge is 0.211 e. The van der Waals surface area contributed by atoms with E-state index in [2.05, 4.69) is 0 Å². The van der Waals surface area contributed by atoms with E-state index >= 15 is 0 Å². The average Bonchev–Trinajstić information content (AvgIpc) is 2.17. The first-order chi connectivity index (χ1) is 6.93. The van der Waals surface area contributed by atoms with E-state index in [9.17, 15) is 13.2 Å². The molecule has 0 aliphatic carbocycles. The van der Waals surface area contributed by atoms with Gasteiger partial charge in [-0.3, -0.25) is 0 Å². The van der Waals surface area contributed by atoms with Gasteiger partial charge in [0.1, 0.15) is 12.4 Å². The molecule has 0 bridgehead atoms. The van der Waals surface area contributed by atoms with Crippen molar-refractivity contribution in [1.82, 2.24) is 4.31 Å². The number of rotatable bonds is 4. The second-order valence-corrected chi connectivity index (χ2v) is 6.05. The molecule has 1 N–H and O–H groups in total. The van der Waals surface area contributed by atoms with Crippen LogP contribution in [0.4, 0.5) is 0 Å². The van der Waals surface area contributed by atoms with Gasteiger partial charge in [0.15, 0.2) is 0 Å². The molecule has 88 valence electrons. The van der Waals surface area contributed by atoms with Gasteiger partial charge < -0.3 is 9.90 Å². The predicted molar refractivity (Wildman–Crippen MR) is 55.8 cm³/mol. The van der Waals surface area contributed by atoms with E-state index in [1.54, 1.807) is 0 Å². The molecule has 0 saturated carbocycles. The first-order valence-corrected chi connectivity index (χ1v) is 6.87. The van der Waals surface area contributed by atoms with Crippen LogP contribution in [-0.2, 0) is 14.8 Å². The Bertz CT molecular complexity index is 314. The van der Waals surface area contributed by atoms with Gasteiger partial charge in [-0.05, 0) is 25.2 Å². The number of hydrogen-bond donors (Lipinski definition) is 1. The number of carbonyl (C=O) groups excluding carboxylic acids is 1. The maximum Gasteiger partial charge on any atom is 0.211 e. The molecule has 1 heterocycles. The van der Waals surface area contributed by atoms with Crippen LogP contribution in [0.2, 0.25) is 0 Å². The van der Waals surface area contributed by atoms with Gasteiger partial charge >= 0.3 is 0 Å². The second-order valence-electron chi connectivity index (χ2n) is 4.07. The highest BCUT2D eigenvalue weighted by atomic mass is 32.2. The molecule has 0 aromatic heterocycles. The lowest BCUT2D eigenvalue weighted by Crippen LogP contribution is -2.40. The molecule has 1 fully saturated rings. The summed E-state index contributed by atoms with van der Waals surface area (Å²) in [5.74, 6) is 0.0914. The zero-order valence-electron chi connectivity index (χ0n) is 8.80. The quantitative estimate of drug-likeness (QED) is 0.673. The van der Waals surface area contributed by atoms with E-state index in [0.29, 0.717) is 25.8 Å². The fraction of sp³-hybridized carbons (Fsp3) is 0.889. The van der Waals surface area contributed by atoms with Crippen molar-refractivity contribution in [2.24, 2.45) is 5.92 Å². The van der Waals surface area contributed by atoms with Crippen molar-refractivity contribution in [3.63, 3.8) is 0 Å². The maximum absolute atomic E-state index is 11.3. The third-order valence-electron chi connectivity index (χ3n) is 2.68. The Morgan fingerprint density at radius 1 is 1.60 bits per heavy atom. The van der Waals surface area contributed by atoms with Crippen molar-refractivity contribution in [2.45, 2.75) is 25.4 Å². The van der Waals surface area contributed by atoms with E-state index < -0.39 is 16.1 Å². The van der Waals surface area contributed by atoms with Crippen LogP contribution in [0, 0.1) is 5.92 Å². The highest BCUT2D eigenvalue weighted by Crippen LogP contribution is 2.22. The van der Waals surface area contributed by atoms with Crippen LogP contribution in [-0.4, -0.2) is 49.6 Å². The highest BCUT2D eigenvalue weighted by molar-refractivity contribution is 7.88. The summed E-state index contributed by atoms with van der Waals surface area (Å²) in [6.45, 7) is 0.969. The topological polar surface area (TPSA) is 74.7 Å². The van der Waals surface area contributed by atoms with E-state index in [1.807, 2.05) is 0 Å². The molecule has 6 heteroatoms. The van der Waals surface area contributed by atoms with Gasteiger partial charge in [0, 0.05) is 13.1 Å². The lowest BCUT2D eigenvalue weighted by molar-refractivity contribution is -0.115. The van der Waals surface area contributed by atoms with E-state index in [-0.39, 0.29) is 5.92 Å². The lowest BCUT2D eigenvalue weighted by Gasteiger charge is -2.31. The van der Waals surface area contributed by atoms with Crippen LogP contribution < -0.4 is 0 Å². The standard InChI is InChI=1S/C9H17NO4S/c1-15(13,14)10-4-2-3-8(6-10)5-9(12)7-11/h7-9,12H,2-6H2,1H3. The zero-order valence-corrected chi connectivity index (χ0v) is 9.61. The second kappa shape index (κ2) is 5.05. The Hall–Kier alpha value is -0.460. The molecule has 1 saturated heterocycles. The molecule has 1 aliphatic rings. The number of aliphatic hydroxyl groups excluding tert-OH is 1. The summed E-state index contributed by atoms with van der Waals surface area (Å²) in [6.07, 6.45) is 2.75. The molecule has 0 radical (unpaired) electrons. The third kappa shape index (κ3) is 3.89. The molecular weight excluding hydrogens is 218 g/mol. The highest BCUT2D eigenvalue weighted by Gasteiger charge is 2.26. The number of hydrogen-bond acceptors (Lipinski definition) is 4. The van der Waals surface area contributed by atoms with Gasteiger partial charge in [-0.15, -0.1) is 0 Å². The molecule has 1 rings (SSSR count). The van der Waals surface area contributed by atoms with E-state index in [4.69, 9.17) is 5.11 Å². The zero-order chi connectivity index (χ0) is 11.5. The monoisotopic (exact) mass is 235 g/mol. The van der Waals surface area contributed by atoms with Crippen LogP contribution in [0.3, 0.4) is 0 Å². The Kier molecular flexibility index (Phi) is 4.24. The number of nitrogens with zero attached hydrogens (tertiary/aromatic N) is 1. The third-order valence-corrected chi connectivity index (χ3v) is 3.95. The molecule has 0 spiro atoms. The Labute approximate surface area is 90.1 Å². The largest absolute Gasteiger partial charge is 0.386 e. The fourth-order valence-electron chi connectivity index (χ4n) is 1.92. The van der Waals surface area contributed by atoms with Crippen molar-refractivity contribution < 1.29 is 18.3 Å². The minimum absolute atomic E-state index is 0.0914. The molecule has 0 aromatic rings. The minimum Gasteiger partial charge on any atom is -0.386 e. The van der Waals surface area contributed by atoms with Gasteiger partial charge in [0.2, 0.25) is 10.0 Å². The summed E-state index contributed by atoms with van der Waals surface area (Å²) >= 11 is 0. The SMILES string of the molecule is CS(=O)(=O)N1CCCC(CC(O)C=O)C1. The Morgan fingerprint density at radius 2 is 2.27 bits per heavy atom. The predicted octanol–water partition coefficient (Wildman–Crippen LogP) is -0.392. The first kappa shape index (κ1) is 12.6. The number of carbonyl (C=O) groups is 1. The van der Waals surface area contributed by atoms with Crippen LogP contribution >= 0.6 is 0 Å². The number of piperidine rings is 1. The minimum atomic E-state index is -3.14. The van der Waals surface area contributed by atoms with Gasteiger partial charge in [-0.2, -0.15) is 0 Å². The van der Waals surface area contributed by atoms with Gasteiger partial charge in [0.05, 0.1) is 6.26 Å². The molecule has 0 aromatic carbocycles. The van der Waals surface area contributed by atoms with E-state index in [1.165, 1.54) is 10.6 Å². The Morgan fingerprint density at radius 3 is 2.80 bits per heavy atom. The molecule has 0 amide bonds. The molecular formula is C9H17NO4S. The summed E-state index contributed by atoms with van der Waals surface area (Å²) in [4.78, 5) is 10.3. The summed E-state index contributed by atoms with van der Waals surface area (Å²) in [7, 11) is -3.14. The van der Waals surface area contributed by atoms with Crippen molar-refractivity contribution in [1.29, 1.82) is 0 Å². The molecule has 2 unspecified atom stereocenters. The van der Waals surface area contributed by atoms with Gasteiger partial charge in [-0.1, -0.05) is 0 Å². The molecule has 1 aliphatic heterocycles. The average molecular weight is 235 g/mol. The van der Waals surface area contributed by atoms with Crippen LogP contribution in [0.15, 0.2) is 0 Å². The molecule has 5 nitrogen and oxygen atoms in total. The van der Waals surface area contributed by atoms with Crippen molar-refractivity contribution in [2.75, 3.05) is 19.3 Å². The summed E-state index contributed by atoms with van der Waals surface area (Å²) in [5.41, 5.74) is 0. The van der Waals surface area contributed by atoms with Crippen molar-refractivity contribution in [3.05, 3.63) is 0 Å². The normalized spacial score (nSPS) is 26.1. The van der Waals surface area contributed by atoms with Crippen molar-refractivity contribution >= 4 is 16.3 Å². The first-order valence-electron chi connectivity index (χ1n) is 5.02. The maximum atomic E-state index is 11.3. The number of aldehydes is 1. The van der Waals surface area contributed by atoms with Crippen molar-refractivity contribution in [3.8, 4) is 0 Å². The van der Waals surface area contributed by atoms with E-state index in [0.717, 1.165) is 12.8 Å². The van der Waals surface area contributed by atoms with Gasteiger partial charge in [-0.25, -0.2) is 12.7 Å². The van der Waals surface area contributed by atoms with Gasteiger partial charge in [0.25, 0.3) is 0 Å². The molecule has 15 heavy (non-hydrogen) atoms. The summed E-state index contributed by atoms with van der Waals surface area (Å²) < 4.78 is 24.0. The number of aliphatic hydroxyl groups is 1. The fourth-order valence-corrected chi connectivity index (χ4v) is 2.86. The summed E-state index contributed by atoms with van der Waals surface area (Å²) in [6, 6.07) is 0. The van der Waals surface area contributed by atoms with Crippen LogP contribution in [0.5, 0.6) is 0 Å². The molecule has 2 atom stereocenters. The Balaban J connectivity index is 2.53. The van der Waals surface area contributed by atoms with Crippen LogP contribution in [0.25, 0.3) is 0 Å². The number of sulfonamides is 1. The summed E-state index contributed by atoms with van der Waals surface area (Å²) in [5, 5.41) is 9.16. The van der Waals surface area contributed by atoms with Crippen LogP contribution in [0.1, 0.15) is 19.3 Å². The lowest BCUT2D eigenvalue weighted by atomic mass is 9.94.